The van der Waals surface area contributed by atoms with Gasteiger partial charge in [-0.1, -0.05) is 29.3 Å². The number of hydrogen-bond acceptors (Lipinski definition) is 4. The van der Waals surface area contributed by atoms with Crippen molar-refractivity contribution < 1.29 is 14.3 Å². The number of nitriles is 1. The summed E-state index contributed by atoms with van der Waals surface area (Å²) in [6.45, 7) is 5.05. The van der Waals surface area contributed by atoms with Crippen molar-refractivity contribution in [2.45, 2.75) is 27.0 Å². The Balaban J connectivity index is 2.19. The van der Waals surface area contributed by atoms with Crippen LogP contribution in [0.1, 0.15) is 22.5 Å². The first kappa shape index (κ1) is 21.0. The Bertz CT molecular complexity index is 890. The van der Waals surface area contributed by atoms with E-state index in [2.05, 4.69) is 4.57 Å². The number of aryl methyl sites for hydroxylation is 1. The first-order chi connectivity index (χ1) is 12.9. The number of benzene rings is 1. The third-order valence-corrected chi connectivity index (χ3v) is 4.89. The highest BCUT2D eigenvalue weighted by Crippen LogP contribution is 2.25. The minimum Gasteiger partial charge on any atom is -0.457 e. The smallest absolute Gasteiger partial charge is 0.349 e. The third-order valence-electron chi connectivity index (χ3n) is 4.18. The highest BCUT2D eigenvalue weighted by atomic mass is 35.5. The maximum absolute atomic E-state index is 12.3. The molecule has 0 amide bonds. The highest BCUT2D eigenvalue weighted by molar-refractivity contribution is 6.35. The maximum atomic E-state index is 12.3. The van der Waals surface area contributed by atoms with E-state index >= 15 is 0 Å². The van der Waals surface area contributed by atoms with E-state index in [-0.39, 0.29) is 12.2 Å². The van der Waals surface area contributed by atoms with Gasteiger partial charge in [0.25, 0.3) is 0 Å². The number of carbonyl (C=O) groups excluding carboxylic acids is 1. The second kappa shape index (κ2) is 9.61. The van der Waals surface area contributed by atoms with Crippen LogP contribution >= 0.6 is 23.2 Å². The number of nitrogens with zero attached hydrogens (tertiary/aromatic N) is 2. The first-order valence-corrected chi connectivity index (χ1v) is 9.02. The molecule has 0 unspecified atom stereocenters. The lowest BCUT2D eigenvalue weighted by atomic mass is 10.1. The molecule has 0 aliphatic carbocycles. The molecule has 0 aliphatic heterocycles. The average Bonchev–Trinajstić information content (AvgIpc) is 2.90. The van der Waals surface area contributed by atoms with Crippen molar-refractivity contribution in [2.75, 3.05) is 13.7 Å². The third kappa shape index (κ3) is 5.14. The molecule has 0 N–H and O–H groups in total. The number of esters is 1. The lowest BCUT2D eigenvalue weighted by molar-refractivity contribution is -0.139. The van der Waals surface area contributed by atoms with Gasteiger partial charge in [-0.15, -0.1) is 0 Å². The van der Waals surface area contributed by atoms with Crippen molar-refractivity contribution in [1.82, 2.24) is 4.57 Å². The zero-order valence-corrected chi connectivity index (χ0v) is 16.9. The van der Waals surface area contributed by atoms with Crippen molar-refractivity contribution in [1.29, 1.82) is 5.26 Å². The number of ether oxygens (including phenoxy) is 2. The van der Waals surface area contributed by atoms with Crippen LogP contribution in [0.15, 0.2) is 29.8 Å². The molecule has 0 bridgehead atoms. The van der Waals surface area contributed by atoms with Gasteiger partial charge >= 0.3 is 5.97 Å². The van der Waals surface area contributed by atoms with Gasteiger partial charge in [-0.25, -0.2) is 4.79 Å². The summed E-state index contributed by atoms with van der Waals surface area (Å²) in [4.78, 5) is 12.3. The molecule has 5 nitrogen and oxygen atoms in total. The molecule has 0 atom stereocenters. The average molecular weight is 407 g/mol. The van der Waals surface area contributed by atoms with Crippen LogP contribution < -0.4 is 0 Å². The topological polar surface area (TPSA) is 64.2 Å². The second-order valence-electron chi connectivity index (χ2n) is 5.92. The molecule has 0 fully saturated rings. The number of carbonyl (C=O) groups is 1. The van der Waals surface area contributed by atoms with E-state index < -0.39 is 5.97 Å². The number of rotatable bonds is 7. The fourth-order valence-electron chi connectivity index (χ4n) is 2.68. The minimum absolute atomic E-state index is 0.0924. The van der Waals surface area contributed by atoms with Gasteiger partial charge in [0.1, 0.15) is 18.2 Å². The first-order valence-electron chi connectivity index (χ1n) is 8.26. The summed E-state index contributed by atoms with van der Waals surface area (Å²) in [5, 5.41) is 10.2. The molecule has 0 saturated carbocycles. The van der Waals surface area contributed by atoms with Crippen molar-refractivity contribution >= 4 is 35.2 Å². The summed E-state index contributed by atoms with van der Waals surface area (Å²) in [7, 11) is 1.64. The maximum Gasteiger partial charge on any atom is 0.349 e. The Labute approximate surface area is 168 Å². The molecular weight excluding hydrogens is 387 g/mol. The number of methoxy groups -OCH3 is 1. The van der Waals surface area contributed by atoms with E-state index in [0.717, 1.165) is 17.0 Å². The molecule has 142 valence electrons. The van der Waals surface area contributed by atoms with E-state index in [4.69, 9.17) is 32.7 Å². The van der Waals surface area contributed by atoms with E-state index in [1.54, 1.807) is 25.3 Å². The lowest BCUT2D eigenvalue weighted by Crippen LogP contribution is -2.08. The van der Waals surface area contributed by atoms with E-state index in [9.17, 15) is 10.1 Å². The summed E-state index contributed by atoms with van der Waals surface area (Å²) in [6.07, 6.45) is 1.53. The van der Waals surface area contributed by atoms with Gasteiger partial charge in [0.15, 0.2) is 0 Å². The Morgan fingerprint density at radius 2 is 1.96 bits per heavy atom. The molecular formula is C20H20Cl2N2O3. The number of aromatic nitrogens is 1. The van der Waals surface area contributed by atoms with Crippen LogP contribution in [-0.2, 0) is 27.4 Å². The van der Waals surface area contributed by atoms with Crippen LogP contribution in [-0.4, -0.2) is 24.3 Å². The molecule has 2 aromatic rings. The molecule has 7 heteroatoms. The molecule has 1 heterocycles. The van der Waals surface area contributed by atoms with E-state index in [1.807, 2.05) is 26.0 Å². The van der Waals surface area contributed by atoms with Crippen LogP contribution in [0.5, 0.6) is 0 Å². The van der Waals surface area contributed by atoms with Crippen molar-refractivity contribution in [3.05, 3.63) is 62.4 Å². The number of halogens is 2. The summed E-state index contributed by atoms with van der Waals surface area (Å²) in [5.74, 6) is -0.727. The second-order valence-corrected chi connectivity index (χ2v) is 6.73. The highest BCUT2D eigenvalue weighted by Gasteiger charge is 2.15. The molecule has 0 aliphatic rings. The van der Waals surface area contributed by atoms with Gasteiger partial charge in [0.05, 0.1) is 6.61 Å². The molecule has 0 spiro atoms. The van der Waals surface area contributed by atoms with E-state index in [1.165, 1.54) is 6.08 Å². The van der Waals surface area contributed by atoms with E-state index in [0.29, 0.717) is 28.8 Å². The van der Waals surface area contributed by atoms with Crippen molar-refractivity contribution in [2.24, 2.45) is 0 Å². The Morgan fingerprint density at radius 1 is 1.30 bits per heavy atom. The molecule has 0 saturated heterocycles. The summed E-state index contributed by atoms with van der Waals surface area (Å²) >= 11 is 12.1. The van der Waals surface area contributed by atoms with Gasteiger partial charge in [-0.3, -0.25) is 0 Å². The normalized spacial score (nSPS) is 11.3. The van der Waals surface area contributed by atoms with Crippen LogP contribution in [0.2, 0.25) is 10.0 Å². The van der Waals surface area contributed by atoms with Crippen molar-refractivity contribution in [3.63, 3.8) is 0 Å². The van der Waals surface area contributed by atoms with Gasteiger partial charge in [0.2, 0.25) is 0 Å². The van der Waals surface area contributed by atoms with Crippen LogP contribution in [0.25, 0.3) is 6.08 Å². The van der Waals surface area contributed by atoms with Crippen LogP contribution in [0.4, 0.5) is 0 Å². The predicted molar refractivity (Wildman–Crippen MR) is 106 cm³/mol. The zero-order chi connectivity index (χ0) is 20.0. The van der Waals surface area contributed by atoms with Gasteiger partial charge in [-0.05, 0) is 43.7 Å². The Morgan fingerprint density at radius 3 is 2.56 bits per heavy atom. The van der Waals surface area contributed by atoms with Gasteiger partial charge in [0, 0.05) is 40.7 Å². The molecule has 2 rings (SSSR count). The SMILES string of the molecule is COCCn1c(C)cc(/C=C(\C#N)C(=O)OCc2c(Cl)cccc2Cl)c1C. The molecule has 0 radical (unpaired) electrons. The lowest BCUT2D eigenvalue weighted by Gasteiger charge is -2.09. The molecule has 1 aromatic carbocycles. The molecule has 1 aromatic heterocycles. The van der Waals surface area contributed by atoms with Gasteiger partial charge < -0.3 is 14.0 Å². The summed E-state index contributed by atoms with van der Waals surface area (Å²) in [5.41, 5.74) is 3.16. The summed E-state index contributed by atoms with van der Waals surface area (Å²) in [6, 6.07) is 8.84. The monoisotopic (exact) mass is 406 g/mol. The summed E-state index contributed by atoms with van der Waals surface area (Å²) < 4.78 is 12.4. The fraction of sp³-hybridized carbons (Fsp3) is 0.300. The predicted octanol–water partition coefficient (Wildman–Crippen LogP) is 4.71. The quantitative estimate of drug-likeness (QED) is 0.379. The standard InChI is InChI=1S/C20H20Cl2N2O3/c1-13-9-15(14(2)24(13)7-8-26-3)10-16(11-23)20(25)27-12-17-18(21)5-4-6-19(17)22/h4-6,9-10H,7-8,12H2,1-3H3/b16-10+. The Kier molecular flexibility index (Phi) is 7.49. The molecule has 27 heavy (non-hydrogen) atoms. The fourth-order valence-corrected chi connectivity index (χ4v) is 3.19. The largest absolute Gasteiger partial charge is 0.457 e. The van der Waals surface area contributed by atoms with Gasteiger partial charge in [-0.2, -0.15) is 5.26 Å². The zero-order valence-electron chi connectivity index (χ0n) is 15.4. The minimum atomic E-state index is -0.727. The van der Waals surface area contributed by atoms with Crippen LogP contribution in [0, 0.1) is 25.2 Å². The van der Waals surface area contributed by atoms with Crippen LogP contribution in [0.3, 0.4) is 0 Å². The number of hydrogen-bond donors (Lipinski definition) is 0. The van der Waals surface area contributed by atoms with Crippen molar-refractivity contribution in [3.8, 4) is 6.07 Å². The Hall–Kier alpha value is -2.26.